The zero-order chi connectivity index (χ0) is 20.9. The van der Waals surface area contributed by atoms with Crippen molar-refractivity contribution >= 4 is 32.6 Å². The minimum absolute atomic E-state index is 0.0843. The molecule has 1 saturated heterocycles. The molecule has 1 aromatic carbocycles. The van der Waals surface area contributed by atoms with E-state index in [0.717, 1.165) is 67.6 Å². The van der Waals surface area contributed by atoms with Gasteiger partial charge in [0.25, 0.3) is 5.91 Å². The van der Waals surface area contributed by atoms with Crippen LogP contribution in [0.1, 0.15) is 36.3 Å². The highest BCUT2D eigenvalue weighted by Gasteiger charge is 2.23. The predicted molar refractivity (Wildman–Crippen MR) is 120 cm³/mol. The number of benzene rings is 1. The Balaban J connectivity index is 1.56. The van der Waals surface area contributed by atoms with E-state index in [2.05, 4.69) is 35.1 Å². The molecule has 0 spiro atoms. The van der Waals surface area contributed by atoms with Crippen molar-refractivity contribution in [2.45, 2.75) is 33.2 Å². The zero-order valence-electron chi connectivity index (χ0n) is 17.7. The van der Waals surface area contributed by atoms with Gasteiger partial charge < -0.3 is 4.74 Å². The lowest BCUT2D eigenvalue weighted by Crippen LogP contribution is -2.39. The van der Waals surface area contributed by atoms with Crippen molar-refractivity contribution in [3.63, 3.8) is 0 Å². The van der Waals surface area contributed by atoms with Gasteiger partial charge in [-0.05, 0) is 43.5 Å². The fraction of sp³-hybridized carbons (Fsp3) is 0.500. The summed E-state index contributed by atoms with van der Waals surface area (Å²) in [7, 11) is 0. The first kappa shape index (κ1) is 21.0. The fourth-order valence-corrected chi connectivity index (χ4v) is 4.70. The molecule has 1 aliphatic rings. The average molecular weight is 428 g/mol. The second kappa shape index (κ2) is 9.68. The highest BCUT2D eigenvalue weighted by Crippen LogP contribution is 2.30. The summed E-state index contributed by atoms with van der Waals surface area (Å²) in [6.07, 6.45) is 3.72. The molecule has 1 amide bonds. The minimum atomic E-state index is -0.0843. The number of hydrogen-bond donors (Lipinski definition) is 0. The van der Waals surface area contributed by atoms with E-state index in [1.807, 2.05) is 13.1 Å². The monoisotopic (exact) mass is 427 g/mol. The average Bonchev–Trinajstić information content (AvgIpc) is 3.43. The standard InChI is InChI=1S/C22H29N5O2S/c1-3-17-6-7-18-20(16-17)30-22(23-18)27(10-5-9-25-12-14-29-15-13-25)21(28)19-8-11-26(4-2)24-19/h6-8,11,16H,3-5,9-10,12-15H2,1-2H3. The van der Waals surface area contributed by atoms with Crippen LogP contribution in [0.2, 0.25) is 0 Å². The maximum absolute atomic E-state index is 13.3. The molecular formula is C22H29N5O2S. The maximum atomic E-state index is 13.3. The molecule has 3 heterocycles. The normalized spacial score (nSPS) is 15.0. The summed E-state index contributed by atoms with van der Waals surface area (Å²) in [5, 5.41) is 5.18. The molecule has 1 fully saturated rings. The molecule has 4 rings (SSSR count). The van der Waals surface area contributed by atoms with E-state index in [1.165, 1.54) is 5.56 Å². The lowest BCUT2D eigenvalue weighted by molar-refractivity contribution is 0.0376. The molecule has 1 aliphatic heterocycles. The van der Waals surface area contributed by atoms with Gasteiger partial charge in [-0.3, -0.25) is 19.3 Å². The van der Waals surface area contributed by atoms with Crippen molar-refractivity contribution < 1.29 is 9.53 Å². The third-order valence-electron chi connectivity index (χ3n) is 5.47. The Bertz CT molecular complexity index is 992. The van der Waals surface area contributed by atoms with Crippen LogP contribution in [0.15, 0.2) is 30.5 Å². The highest BCUT2D eigenvalue weighted by molar-refractivity contribution is 7.22. The van der Waals surface area contributed by atoms with Crippen LogP contribution in [-0.2, 0) is 17.7 Å². The third kappa shape index (κ3) is 4.71. The molecule has 0 saturated carbocycles. The van der Waals surface area contributed by atoms with E-state index in [1.54, 1.807) is 27.0 Å². The van der Waals surface area contributed by atoms with E-state index in [0.29, 0.717) is 12.2 Å². The first-order chi connectivity index (χ1) is 14.7. The van der Waals surface area contributed by atoms with Gasteiger partial charge in [0.1, 0.15) is 0 Å². The van der Waals surface area contributed by atoms with Crippen LogP contribution in [0.25, 0.3) is 10.2 Å². The van der Waals surface area contributed by atoms with E-state index < -0.39 is 0 Å². The maximum Gasteiger partial charge on any atom is 0.280 e. The van der Waals surface area contributed by atoms with Crippen LogP contribution in [0.3, 0.4) is 0 Å². The topological polar surface area (TPSA) is 63.5 Å². The summed E-state index contributed by atoms with van der Waals surface area (Å²) in [6.45, 7) is 9.95. The molecule has 3 aromatic rings. The molecule has 8 heteroatoms. The summed E-state index contributed by atoms with van der Waals surface area (Å²) in [6, 6.07) is 8.14. The highest BCUT2D eigenvalue weighted by atomic mass is 32.1. The smallest absolute Gasteiger partial charge is 0.280 e. The summed E-state index contributed by atoms with van der Waals surface area (Å²) < 4.78 is 8.34. The molecule has 0 unspecified atom stereocenters. The quantitative estimate of drug-likeness (QED) is 0.551. The number of fused-ring (bicyclic) bond motifs is 1. The number of carbonyl (C=O) groups excluding carboxylic acids is 1. The van der Waals surface area contributed by atoms with Crippen LogP contribution in [0, 0.1) is 0 Å². The molecular weight excluding hydrogens is 398 g/mol. The summed E-state index contributed by atoms with van der Waals surface area (Å²) in [5.74, 6) is -0.0843. The number of rotatable bonds is 8. The van der Waals surface area contributed by atoms with Gasteiger partial charge >= 0.3 is 0 Å². The second-order valence-electron chi connectivity index (χ2n) is 7.47. The van der Waals surface area contributed by atoms with Gasteiger partial charge in [-0.2, -0.15) is 5.10 Å². The Morgan fingerprint density at radius 3 is 2.80 bits per heavy atom. The SMILES string of the molecule is CCc1ccc2nc(N(CCCN3CCOCC3)C(=O)c3ccn(CC)n3)sc2c1. The van der Waals surface area contributed by atoms with Crippen molar-refractivity contribution in [2.24, 2.45) is 0 Å². The van der Waals surface area contributed by atoms with Crippen LogP contribution in [0.5, 0.6) is 0 Å². The molecule has 0 radical (unpaired) electrons. The predicted octanol–water partition coefficient (Wildman–Crippen LogP) is 3.44. The number of nitrogens with zero attached hydrogens (tertiary/aromatic N) is 5. The van der Waals surface area contributed by atoms with Crippen molar-refractivity contribution in [3.05, 3.63) is 41.7 Å². The first-order valence-electron chi connectivity index (χ1n) is 10.7. The van der Waals surface area contributed by atoms with Gasteiger partial charge in [0.2, 0.25) is 0 Å². The summed E-state index contributed by atoms with van der Waals surface area (Å²) >= 11 is 1.58. The number of thiazole rings is 1. The third-order valence-corrected chi connectivity index (χ3v) is 6.51. The molecule has 0 aliphatic carbocycles. The number of anilines is 1. The zero-order valence-corrected chi connectivity index (χ0v) is 18.5. The summed E-state index contributed by atoms with van der Waals surface area (Å²) in [5.41, 5.74) is 2.69. The number of amides is 1. The van der Waals surface area contributed by atoms with Crippen molar-refractivity contribution in [1.29, 1.82) is 0 Å². The van der Waals surface area contributed by atoms with Crippen molar-refractivity contribution in [3.8, 4) is 0 Å². The van der Waals surface area contributed by atoms with Crippen molar-refractivity contribution in [2.75, 3.05) is 44.3 Å². The largest absolute Gasteiger partial charge is 0.379 e. The van der Waals surface area contributed by atoms with Crippen molar-refractivity contribution in [1.82, 2.24) is 19.7 Å². The van der Waals surface area contributed by atoms with Gasteiger partial charge in [0, 0.05) is 38.9 Å². The van der Waals surface area contributed by atoms with Gasteiger partial charge in [-0.25, -0.2) is 4.98 Å². The fourth-order valence-electron chi connectivity index (χ4n) is 3.64. The van der Waals surface area contributed by atoms with Gasteiger partial charge in [0.15, 0.2) is 10.8 Å². The van der Waals surface area contributed by atoms with Crippen LogP contribution in [-0.4, -0.2) is 65.0 Å². The van der Waals surface area contributed by atoms with Gasteiger partial charge in [0.05, 0.1) is 23.4 Å². The van der Waals surface area contributed by atoms with E-state index in [-0.39, 0.29) is 5.91 Å². The molecule has 0 bridgehead atoms. The Hall–Kier alpha value is -2.29. The minimum Gasteiger partial charge on any atom is -0.379 e. The second-order valence-corrected chi connectivity index (χ2v) is 8.48. The molecule has 2 aromatic heterocycles. The Kier molecular flexibility index (Phi) is 6.76. The number of ether oxygens (including phenoxy) is 1. The lowest BCUT2D eigenvalue weighted by Gasteiger charge is -2.27. The Morgan fingerprint density at radius 1 is 1.23 bits per heavy atom. The van der Waals surface area contributed by atoms with Gasteiger partial charge in [-0.15, -0.1) is 0 Å². The Morgan fingerprint density at radius 2 is 2.07 bits per heavy atom. The summed E-state index contributed by atoms with van der Waals surface area (Å²) in [4.78, 5) is 22.3. The number of hydrogen-bond acceptors (Lipinski definition) is 6. The number of aromatic nitrogens is 3. The first-order valence-corrected chi connectivity index (χ1v) is 11.5. The molecule has 160 valence electrons. The van der Waals surface area contributed by atoms with Gasteiger partial charge in [-0.1, -0.05) is 24.3 Å². The molecule has 7 nitrogen and oxygen atoms in total. The number of carbonyl (C=O) groups is 1. The lowest BCUT2D eigenvalue weighted by atomic mass is 10.2. The molecule has 0 atom stereocenters. The Labute approximate surface area is 181 Å². The van der Waals surface area contributed by atoms with E-state index in [9.17, 15) is 4.79 Å². The molecule has 0 N–H and O–H groups in total. The number of morpholine rings is 1. The van der Waals surface area contributed by atoms with Crippen LogP contribution >= 0.6 is 11.3 Å². The van der Waals surface area contributed by atoms with E-state index >= 15 is 0 Å². The number of aryl methyl sites for hydroxylation is 2. The van der Waals surface area contributed by atoms with Crippen LogP contribution < -0.4 is 4.90 Å². The molecule has 30 heavy (non-hydrogen) atoms. The van der Waals surface area contributed by atoms with E-state index in [4.69, 9.17) is 9.72 Å². The van der Waals surface area contributed by atoms with Crippen LogP contribution in [0.4, 0.5) is 5.13 Å².